The number of aryl methyl sites for hydroxylation is 5. The predicted octanol–water partition coefficient (Wildman–Crippen LogP) is 18.9. The first-order valence-electron chi connectivity index (χ1n) is 29.9. The second kappa shape index (κ2) is 35.1. The number of terminal acetylenes is 1. The third-order valence-corrected chi connectivity index (χ3v) is 14.7. The lowest BCUT2D eigenvalue weighted by Gasteiger charge is -2.10. The number of hydrogen-bond acceptors (Lipinski definition) is 12. The molecule has 11 aromatic carbocycles. The van der Waals surface area contributed by atoms with Gasteiger partial charge in [0.1, 0.15) is 28.8 Å². The fourth-order valence-corrected chi connectivity index (χ4v) is 9.34. The molecule has 0 aliphatic heterocycles. The summed E-state index contributed by atoms with van der Waals surface area (Å²) in [5, 5.41) is 76.3. The van der Waals surface area contributed by atoms with Gasteiger partial charge in [-0.2, -0.15) is 0 Å². The molecule has 0 spiro atoms. The van der Waals surface area contributed by atoms with E-state index in [9.17, 15) is 40.0 Å². The van der Waals surface area contributed by atoms with Crippen molar-refractivity contribution < 1.29 is 34.8 Å². The van der Waals surface area contributed by atoms with Crippen LogP contribution in [0.4, 0.5) is 38.5 Å². The Hall–Kier alpha value is -11.4. The van der Waals surface area contributed by atoms with Crippen LogP contribution in [0.2, 0.25) is 5.02 Å². The number of phenols is 5. The van der Waals surface area contributed by atoms with Gasteiger partial charge in [0, 0.05) is 106 Å². The second-order valence-electron chi connectivity index (χ2n) is 21.9. The Morgan fingerprint density at radius 2 is 0.753 bits per heavy atom. The van der Waals surface area contributed by atoms with Crippen LogP contribution in [0.3, 0.4) is 0 Å². The minimum absolute atomic E-state index is 0.256. The highest BCUT2D eigenvalue weighted by Crippen LogP contribution is 2.31. The van der Waals surface area contributed by atoms with Gasteiger partial charge in [-0.25, -0.2) is 4.39 Å². The molecule has 0 fully saturated rings. The zero-order chi connectivity index (χ0) is 66.7. The van der Waals surface area contributed by atoms with E-state index in [1.807, 2.05) is 143 Å². The largest absolute Gasteiger partial charge is 0.508 e. The van der Waals surface area contributed by atoms with Gasteiger partial charge in [-0.3, -0.25) is 10.1 Å². The van der Waals surface area contributed by atoms with Gasteiger partial charge < -0.3 is 52.1 Å². The number of nitro benzene ring substituents is 1. The number of benzene rings is 11. The third kappa shape index (κ3) is 22.9. The molecule has 10 N–H and O–H groups in total. The number of phenolic OH excluding ortho intramolecular Hbond substituents is 5. The van der Waals surface area contributed by atoms with E-state index in [2.05, 4.69) is 88.0 Å². The van der Waals surface area contributed by atoms with Crippen molar-refractivity contribution in [1.82, 2.24) is 0 Å². The summed E-state index contributed by atoms with van der Waals surface area (Å²) in [7, 11) is 0. The van der Waals surface area contributed by atoms with Crippen molar-refractivity contribution in [3.8, 4) is 52.2 Å². The first-order chi connectivity index (χ1) is 44.8. The molecule has 13 nitrogen and oxygen atoms in total. The third-order valence-electron chi connectivity index (χ3n) is 14.4. The summed E-state index contributed by atoms with van der Waals surface area (Å²) in [6, 6.07) is 74.5. The van der Waals surface area contributed by atoms with E-state index < -0.39 is 4.92 Å². The van der Waals surface area contributed by atoms with Crippen LogP contribution in [0.15, 0.2) is 243 Å². The zero-order valence-electron chi connectivity index (χ0n) is 52.5. The molecule has 11 rings (SSSR count). The molecule has 0 aliphatic rings. The molecule has 474 valence electrons. The SMILES string of the molecule is C#Cc1cccc(NCc2cccc([N+](=O)[O-])c2O)c1.Cc1ccc(NCc2cc(C)ccc2O)cc1.Cc1ccc(O)c(CNc2ccc(-c3ccccc3)cc2)c1.Cc1ccc(O)c(CNc2ccc(Cl)cc2)c1.Cc1ccc(O)c(CNc2ccc(F)cc2)c1. The first kappa shape index (κ1) is 69.1. The molecular weight excluding hydrogens is 1190 g/mol. The van der Waals surface area contributed by atoms with E-state index in [-0.39, 0.29) is 29.5 Å². The summed E-state index contributed by atoms with van der Waals surface area (Å²) in [5.74, 6) is 3.21. The number of nitro groups is 1. The van der Waals surface area contributed by atoms with E-state index in [4.69, 9.17) is 18.0 Å². The van der Waals surface area contributed by atoms with Gasteiger partial charge in [0.2, 0.25) is 0 Å². The van der Waals surface area contributed by atoms with Crippen molar-refractivity contribution in [3.63, 3.8) is 0 Å². The van der Waals surface area contributed by atoms with E-state index in [0.29, 0.717) is 54.0 Å². The summed E-state index contributed by atoms with van der Waals surface area (Å²) in [5.41, 5.74) is 17.3. The highest BCUT2D eigenvalue weighted by molar-refractivity contribution is 6.30. The lowest BCUT2D eigenvalue weighted by atomic mass is 10.1. The van der Waals surface area contributed by atoms with Crippen LogP contribution in [0.1, 0.15) is 61.2 Å². The van der Waals surface area contributed by atoms with Crippen LogP contribution in [-0.4, -0.2) is 30.5 Å². The molecule has 15 heteroatoms. The van der Waals surface area contributed by atoms with Crippen LogP contribution in [0, 0.1) is 62.9 Å². The maximum Gasteiger partial charge on any atom is 0.311 e. The Balaban J connectivity index is 0.000000165. The van der Waals surface area contributed by atoms with Crippen molar-refractivity contribution in [3.05, 3.63) is 325 Å². The van der Waals surface area contributed by atoms with Crippen molar-refractivity contribution in [2.45, 2.75) is 67.3 Å². The molecule has 0 aliphatic carbocycles. The Morgan fingerprint density at radius 3 is 1.17 bits per heavy atom. The molecule has 0 aromatic heterocycles. The van der Waals surface area contributed by atoms with Gasteiger partial charge in [0.05, 0.1) is 4.92 Å². The van der Waals surface area contributed by atoms with Gasteiger partial charge in [-0.05, 0) is 161 Å². The number of anilines is 5. The maximum atomic E-state index is 12.7. The monoisotopic (exact) mass is 1260 g/mol. The summed E-state index contributed by atoms with van der Waals surface area (Å²) in [6.07, 6.45) is 5.31. The van der Waals surface area contributed by atoms with E-state index >= 15 is 0 Å². The fraction of sp³-hybridized carbons (Fsp3) is 0.128. The smallest absolute Gasteiger partial charge is 0.311 e. The average Bonchev–Trinajstić information content (AvgIpc) is 2.22. The molecular formula is C78H76ClFN6O7. The molecule has 11 aromatic rings. The minimum atomic E-state index is -0.613. The number of rotatable bonds is 17. The number of nitrogens with zero attached hydrogens (tertiary/aromatic N) is 1. The molecule has 0 saturated heterocycles. The van der Waals surface area contributed by atoms with Gasteiger partial charge in [-0.15, -0.1) is 6.42 Å². The number of hydrogen-bond donors (Lipinski definition) is 10. The van der Waals surface area contributed by atoms with E-state index in [0.717, 1.165) is 78.5 Å². The van der Waals surface area contributed by atoms with Crippen LogP contribution in [0.25, 0.3) is 11.1 Å². The first-order valence-corrected chi connectivity index (χ1v) is 30.3. The quantitative estimate of drug-likeness (QED) is 0.0235. The second-order valence-corrected chi connectivity index (χ2v) is 22.3. The molecule has 93 heavy (non-hydrogen) atoms. The van der Waals surface area contributed by atoms with Crippen molar-refractivity contribution in [1.29, 1.82) is 0 Å². The van der Waals surface area contributed by atoms with Crippen molar-refractivity contribution in [2.24, 2.45) is 0 Å². The average molecular weight is 1260 g/mol. The normalized spacial score (nSPS) is 10.2. The highest BCUT2D eigenvalue weighted by Gasteiger charge is 2.16. The van der Waals surface area contributed by atoms with E-state index in [1.54, 1.807) is 54.6 Å². The maximum absolute atomic E-state index is 12.7. The van der Waals surface area contributed by atoms with Gasteiger partial charge in [0.15, 0.2) is 5.75 Å². The summed E-state index contributed by atoms with van der Waals surface area (Å²) in [6.45, 7) is 12.7. The fourth-order valence-electron chi connectivity index (χ4n) is 9.21. The molecule has 0 bridgehead atoms. The zero-order valence-corrected chi connectivity index (χ0v) is 53.2. The summed E-state index contributed by atoms with van der Waals surface area (Å²) < 4.78 is 12.7. The van der Waals surface area contributed by atoms with Crippen molar-refractivity contribution in [2.75, 3.05) is 26.6 Å². The molecule has 0 unspecified atom stereocenters. The Kier molecular flexibility index (Phi) is 26.1. The number of halogens is 2. The number of nitrogens with one attached hydrogen (secondary N) is 5. The van der Waals surface area contributed by atoms with Crippen LogP contribution < -0.4 is 26.6 Å². The summed E-state index contributed by atoms with van der Waals surface area (Å²) in [4.78, 5) is 10.1. The Bertz CT molecular complexity index is 3990. The van der Waals surface area contributed by atoms with Gasteiger partial charge in [0.25, 0.3) is 0 Å². The predicted molar refractivity (Wildman–Crippen MR) is 378 cm³/mol. The molecule has 0 atom stereocenters. The van der Waals surface area contributed by atoms with Crippen LogP contribution >= 0.6 is 11.6 Å². The Labute approximate surface area is 548 Å². The van der Waals surface area contributed by atoms with Crippen molar-refractivity contribution >= 4 is 45.7 Å². The Morgan fingerprint density at radius 1 is 0.398 bits per heavy atom. The standard InChI is InChI=1S/C20H19NO.C15H12N2O3.C15H17NO.C14H14ClNO.C14H14FNO/c1-15-7-12-20(22)18(13-15)14-21-19-10-8-17(9-11-19)16-5-3-2-4-6-16;1-2-11-5-3-7-13(9-11)16-10-12-6-4-8-14(15(12)18)17(19)20;1-11-3-6-14(7-4-11)16-10-13-9-12(2)5-8-15(13)17;2*1-10-2-7-14(17)11(8-10)9-16-13-5-3-12(15)4-6-13/h2-13,21-22H,14H2,1H3;1,3-9,16,18H,10H2;3-9,16-17H,10H2,1-2H3;2*2-8,16-17H,9H2,1H3. The van der Waals surface area contributed by atoms with E-state index in [1.165, 1.54) is 41.0 Å². The van der Waals surface area contributed by atoms with Gasteiger partial charge >= 0.3 is 5.69 Å². The summed E-state index contributed by atoms with van der Waals surface area (Å²) >= 11 is 5.81. The van der Waals surface area contributed by atoms with Crippen LogP contribution in [-0.2, 0) is 32.7 Å². The minimum Gasteiger partial charge on any atom is -0.508 e. The lowest BCUT2D eigenvalue weighted by Crippen LogP contribution is -2.01. The van der Waals surface area contributed by atoms with Gasteiger partial charge in [-0.1, -0.05) is 167 Å². The highest BCUT2D eigenvalue weighted by atomic mass is 35.5. The molecule has 0 saturated carbocycles. The molecule has 0 radical (unpaired) electrons. The molecule has 0 heterocycles. The number of para-hydroxylation sites is 1. The molecule has 0 amide bonds. The topological polar surface area (TPSA) is 204 Å². The lowest BCUT2D eigenvalue weighted by molar-refractivity contribution is -0.385. The number of aromatic hydroxyl groups is 5. The van der Waals surface area contributed by atoms with Crippen LogP contribution in [0.5, 0.6) is 28.7 Å².